The second kappa shape index (κ2) is 5.77. The summed E-state index contributed by atoms with van der Waals surface area (Å²) in [4.78, 5) is 12.1. The Hall–Kier alpha value is -3.31. The van der Waals surface area contributed by atoms with Crippen LogP contribution in [0, 0.1) is 29.6 Å². The second-order valence-corrected chi connectivity index (χ2v) is 4.51. The van der Waals surface area contributed by atoms with E-state index in [1.165, 1.54) is 12.1 Å². The molecule has 0 bridgehead atoms. The van der Waals surface area contributed by atoms with E-state index in [4.69, 9.17) is 16.3 Å². The first-order valence-corrected chi connectivity index (χ1v) is 6.17. The summed E-state index contributed by atoms with van der Waals surface area (Å²) in [6.45, 7) is 1.86. The topological polar surface area (TPSA) is 103 Å². The molecule has 1 amide bonds. The van der Waals surface area contributed by atoms with Crippen molar-refractivity contribution in [2.24, 2.45) is 0 Å². The molecule has 0 unspecified atom stereocenters. The van der Waals surface area contributed by atoms with Gasteiger partial charge < -0.3 is 11.1 Å². The number of hydrogen-bond donors (Lipinski definition) is 2. The smallest absolute Gasteiger partial charge is 0.255 e. The highest BCUT2D eigenvalue weighted by atomic mass is 16.1. The lowest BCUT2D eigenvalue weighted by Crippen LogP contribution is -2.12. The van der Waals surface area contributed by atoms with Gasteiger partial charge in [0.15, 0.2) is 0 Å². The van der Waals surface area contributed by atoms with E-state index in [0.717, 1.165) is 5.56 Å². The van der Waals surface area contributed by atoms with Crippen molar-refractivity contribution in [1.29, 1.82) is 10.5 Å². The molecule has 5 nitrogen and oxygen atoms in total. The highest BCUT2D eigenvalue weighted by Gasteiger charge is 2.09. The second-order valence-electron chi connectivity index (χ2n) is 4.51. The lowest BCUT2D eigenvalue weighted by Gasteiger charge is -2.08. The molecule has 21 heavy (non-hydrogen) atoms. The van der Waals surface area contributed by atoms with Crippen LogP contribution in [0.4, 0.5) is 11.4 Å². The van der Waals surface area contributed by atoms with Gasteiger partial charge in [-0.1, -0.05) is 6.07 Å². The maximum Gasteiger partial charge on any atom is 0.255 e. The number of anilines is 2. The van der Waals surface area contributed by atoms with E-state index in [9.17, 15) is 4.79 Å². The van der Waals surface area contributed by atoms with E-state index < -0.39 is 0 Å². The molecule has 0 fully saturated rings. The van der Waals surface area contributed by atoms with E-state index in [2.05, 4.69) is 5.32 Å². The molecular weight excluding hydrogens is 264 g/mol. The summed E-state index contributed by atoms with van der Waals surface area (Å²) in [5.41, 5.74) is 8.60. The third-order valence-electron chi connectivity index (χ3n) is 3.06. The highest BCUT2D eigenvalue weighted by molar-refractivity contribution is 6.05. The van der Waals surface area contributed by atoms with E-state index >= 15 is 0 Å². The predicted octanol–water partition coefficient (Wildman–Crippen LogP) is 2.57. The van der Waals surface area contributed by atoms with Gasteiger partial charge in [0.25, 0.3) is 5.91 Å². The third-order valence-corrected chi connectivity index (χ3v) is 3.06. The van der Waals surface area contributed by atoms with Crippen LogP contribution >= 0.6 is 0 Å². The Morgan fingerprint density at radius 3 is 2.43 bits per heavy atom. The van der Waals surface area contributed by atoms with Crippen molar-refractivity contribution in [1.82, 2.24) is 0 Å². The van der Waals surface area contributed by atoms with Gasteiger partial charge in [-0.25, -0.2) is 0 Å². The number of aryl methyl sites for hydroxylation is 1. The number of hydrogen-bond acceptors (Lipinski definition) is 4. The molecule has 0 aromatic heterocycles. The van der Waals surface area contributed by atoms with Crippen LogP contribution in [-0.2, 0) is 0 Å². The van der Waals surface area contributed by atoms with Gasteiger partial charge in [0.05, 0.1) is 11.1 Å². The fraction of sp³-hybridized carbons (Fsp3) is 0.0625. The number of nitrogen functional groups attached to an aromatic ring is 1. The first-order valence-electron chi connectivity index (χ1n) is 6.17. The minimum absolute atomic E-state index is 0.221. The molecule has 0 atom stereocenters. The number of carbonyl (C=O) groups is 1. The number of carbonyl (C=O) groups excluding carboxylic acids is 1. The molecule has 2 aromatic carbocycles. The Labute approximate surface area is 122 Å². The predicted molar refractivity (Wildman–Crippen MR) is 79.4 cm³/mol. The monoisotopic (exact) mass is 276 g/mol. The van der Waals surface area contributed by atoms with Crippen LogP contribution < -0.4 is 11.1 Å². The summed E-state index contributed by atoms with van der Waals surface area (Å²) >= 11 is 0. The minimum Gasteiger partial charge on any atom is -0.398 e. The zero-order chi connectivity index (χ0) is 15.4. The van der Waals surface area contributed by atoms with Crippen LogP contribution in [0.25, 0.3) is 0 Å². The number of nitriles is 2. The molecule has 0 radical (unpaired) electrons. The quantitative estimate of drug-likeness (QED) is 0.823. The van der Waals surface area contributed by atoms with E-state index in [1.807, 2.05) is 19.1 Å². The molecule has 0 aliphatic rings. The first-order chi connectivity index (χ1) is 10.0. The lowest BCUT2D eigenvalue weighted by atomic mass is 10.1. The number of nitrogens with two attached hydrogens (primary N) is 1. The lowest BCUT2D eigenvalue weighted by molar-refractivity contribution is 0.102. The van der Waals surface area contributed by atoms with Crippen molar-refractivity contribution >= 4 is 17.3 Å². The van der Waals surface area contributed by atoms with Crippen molar-refractivity contribution < 1.29 is 4.79 Å². The van der Waals surface area contributed by atoms with Gasteiger partial charge >= 0.3 is 0 Å². The Bertz CT molecular complexity index is 797. The Morgan fingerprint density at radius 2 is 1.81 bits per heavy atom. The summed E-state index contributed by atoms with van der Waals surface area (Å²) in [7, 11) is 0. The van der Waals surface area contributed by atoms with Crippen LogP contribution in [0.15, 0.2) is 36.4 Å². The number of nitrogens with zero attached hydrogens (tertiary/aromatic N) is 2. The highest BCUT2D eigenvalue weighted by Crippen LogP contribution is 2.17. The minimum atomic E-state index is -0.324. The average molecular weight is 276 g/mol. The largest absolute Gasteiger partial charge is 0.398 e. The summed E-state index contributed by atoms with van der Waals surface area (Å²) in [6, 6.07) is 13.4. The molecule has 2 aromatic rings. The number of nitrogens with one attached hydrogen (secondary N) is 1. The van der Waals surface area contributed by atoms with Crippen molar-refractivity contribution in [3.8, 4) is 12.1 Å². The molecule has 2 rings (SSSR count). The van der Waals surface area contributed by atoms with Crippen LogP contribution in [0.5, 0.6) is 0 Å². The summed E-state index contributed by atoms with van der Waals surface area (Å²) in [5, 5.41) is 20.5. The molecule has 102 valence electrons. The average Bonchev–Trinajstić information content (AvgIpc) is 2.49. The summed E-state index contributed by atoms with van der Waals surface area (Å²) < 4.78 is 0. The Kier molecular flexibility index (Phi) is 3.87. The van der Waals surface area contributed by atoms with E-state index in [0.29, 0.717) is 16.9 Å². The van der Waals surface area contributed by atoms with Crippen LogP contribution in [-0.4, -0.2) is 5.91 Å². The zero-order valence-corrected chi connectivity index (χ0v) is 11.3. The summed E-state index contributed by atoms with van der Waals surface area (Å²) in [5.74, 6) is -0.324. The van der Waals surface area contributed by atoms with Gasteiger partial charge in [-0.3, -0.25) is 4.79 Å². The van der Waals surface area contributed by atoms with Crippen molar-refractivity contribution in [2.45, 2.75) is 6.92 Å². The molecule has 3 N–H and O–H groups in total. The van der Waals surface area contributed by atoms with Gasteiger partial charge in [-0.05, 0) is 42.8 Å². The molecular formula is C16H12N4O. The van der Waals surface area contributed by atoms with Gasteiger partial charge in [-0.15, -0.1) is 0 Å². The van der Waals surface area contributed by atoms with Gasteiger partial charge in [0.2, 0.25) is 0 Å². The number of amides is 1. The van der Waals surface area contributed by atoms with Gasteiger partial charge in [0, 0.05) is 16.9 Å². The van der Waals surface area contributed by atoms with E-state index in [1.54, 1.807) is 24.3 Å². The molecule has 0 aliphatic carbocycles. The van der Waals surface area contributed by atoms with Crippen molar-refractivity contribution in [2.75, 3.05) is 11.1 Å². The van der Waals surface area contributed by atoms with Crippen LogP contribution in [0.3, 0.4) is 0 Å². The number of rotatable bonds is 2. The summed E-state index contributed by atoms with van der Waals surface area (Å²) in [6.07, 6.45) is 0. The SMILES string of the molecule is Cc1ccc(C(=O)Nc2ccc(C#N)c(C#N)c2)cc1N. The fourth-order valence-electron chi connectivity index (χ4n) is 1.80. The maximum absolute atomic E-state index is 12.1. The van der Waals surface area contributed by atoms with Crippen molar-refractivity contribution in [3.05, 3.63) is 58.7 Å². The molecule has 5 heteroatoms. The molecule has 0 heterocycles. The maximum atomic E-state index is 12.1. The Morgan fingerprint density at radius 1 is 1.10 bits per heavy atom. The number of benzene rings is 2. The van der Waals surface area contributed by atoms with Gasteiger partial charge in [0.1, 0.15) is 12.1 Å². The van der Waals surface area contributed by atoms with Crippen molar-refractivity contribution in [3.63, 3.8) is 0 Å². The fourth-order valence-corrected chi connectivity index (χ4v) is 1.80. The zero-order valence-electron chi connectivity index (χ0n) is 11.3. The Balaban J connectivity index is 2.26. The standard InChI is InChI=1S/C16H12N4O/c1-10-2-3-11(7-15(10)19)16(21)20-14-5-4-12(8-17)13(6-14)9-18/h2-7H,19H2,1H3,(H,20,21). The normalized spacial score (nSPS) is 9.48. The molecule has 0 spiro atoms. The van der Waals surface area contributed by atoms with Crippen LogP contribution in [0.1, 0.15) is 27.0 Å². The van der Waals surface area contributed by atoms with Gasteiger partial charge in [-0.2, -0.15) is 10.5 Å². The van der Waals surface area contributed by atoms with E-state index in [-0.39, 0.29) is 17.0 Å². The van der Waals surface area contributed by atoms with Crippen LogP contribution in [0.2, 0.25) is 0 Å². The first kappa shape index (κ1) is 14.1. The third kappa shape index (κ3) is 2.99. The molecule has 0 saturated carbocycles. The molecule has 0 aliphatic heterocycles. The molecule has 0 saturated heterocycles.